The first kappa shape index (κ1) is 16.4. The minimum atomic E-state index is -0.322. The van der Waals surface area contributed by atoms with Crippen LogP contribution in [0.1, 0.15) is 27.2 Å². The van der Waals surface area contributed by atoms with Crippen molar-refractivity contribution in [3.8, 4) is 11.3 Å². The van der Waals surface area contributed by atoms with Gasteiger partial charge in [0.2, 0.25) is 0 Å². The van der Waals surface area contributed by atoms with Gasteiger partial charge in [-0.25, -0.2) is 5.43 Å². The molecule has 0 atom stereocenters. The number of aryl methyl sites for hydroxylation is 2. The molecule has 0 fully saturated rings. The summed E-state index contributed by atoms with van der Waals surface area (Å²) in [5.74, 6) is -0.322. The molecule has 1 aliphatic carbocycles. The Morgan fingerprint density at radius 3 is 2.68 bits per heavy atom. The number of nitrogens with one attached hydrogen (secondary N) is 2. The third-order valence-corrected chi connectivity index (χ3v) is 5.15. The van der Waals surface area contributed by atoms with Gasteiger partial charge in [0.1, 0.15) is 5.69 Å². The average molecular weight is 366 g/mol. The van der Waals surface area contributed by atoms with Gasteiger partial charge in [-0.05, 0) is 46.4 Å². The summed E-state index contributed by atoms with van der Waals surface area (Å²) in [5.41, 5.74) is 8.40. The molecule has 1 aliphatic rings. The minimum absolute atomic E-state index is 0.322. The zero-order valence-electron chi connectivity index (χ0n) is 15.1. The van der Waals surface area contributed by atoms with Gasteiger partial charge in [-0.1, -0.05) is 60.7 Å². The number of hydrogen-bond donors (Lipinski definition) is 2. The summed E-state index contributed by atoms with van der Waals surface area (Å²) in [6.07, 6.45) is 3.78. The monoisotopic (exact) mass is 366 g/mol. The molecule has 3 aromatic carbocycles. The third kappa shape index (κ3) is 2.87. The van der Waals surface area contributed by atoms with E-state index in [0.29, 0.717) is 5.69 Å². The number of amides is 1. The summed E-state index contributed by atoms with van der Waals surface area (Å²) in [5, 5.41) is 13.7. The molecule has 5 heteroatoms. The lowest BCUT2D eigenvalue weighted by Gasteiger charge is -2.06. The molecule has 4 aromatic rings. The molecule has 0 saturated heterocycles. The first-order chi connectivity index (χ1) is 13.8. The van der Waals surface area contributed by atoms with Gasteiger partial charge in [-0.2, -0.15) is 10.2 Å². The standard InChI is InChI=1S/C23H18N4O/c28-23(27-24-14-15-5-2-1-3-6-15)21-13-20(25-26-21)18-12-11-17-10-9-16-7-4-8-19(18)22(16)17/h1-8,11-14H,9-10H2,(H,25,26)(H,27,28)/b24-14-. The zero-order valence-corrected chi connectivity index (χ0v) is 15.1. The molecule has 0 unspecified atom stereocenters. The number of aromatic nitrogens is 2. The van der Waals surface area contributed by atoms with Gasteiger partial charge in [0.05, 0.1) is 11.9 Å². The molecule has 1 aromatic heterocycles. The number of rotatable bonds is 4. The summed E-state index contributed by atoms with van der Waals surface area (Å²) >= 11 is 0. The normalized spacial score (nSPS) is 12.7. The van der Waals surface area contributed by atoms with Crippen molar-refractivity contribution in [1.82, 2.24) is 15.6 Å². The van der Waals surface area contributed by atoms with Gasteiger partial charge in [-0.15, -0.1) is 0 Å². The topological polar surface area (TPSA) is 70.1 Å². The van der Waals surface area contributed by atoms with E-state index in [1.807, 2.05) is 30.3 Å². The fourth-order valence-electron chi connectivity index (χ4n) is 3.81. The fraction of sp³-hybridized carbons (Fsp3) is 0.0870. The number of nitrogens with zero attached hydrogens (tertiary/aromatic N) is 2. The molecule has 0 bridgehead atoms. The number of aromatic amines is 1. The highest BCUT2D eigenvalue weighted by atomic mass is 16.2. The highest BCUT2D eigenvalue weighted by molar-refractivity contribution is 6.02. The van der Waals surface area contributed by atoms with E-state index >= 15 is 0 Å². The van der Waals surface area contributed by atoms with Crippen molar-refractivity contribution in [3.63, 3.8) is 0 Å². The molecule has 1 heterocycles. The van der Waals surface area contributed by atoms with Crippen LogP contribution in [0.3, 0.4) is 0 Å². The second-order valence-corrected chi connectivity index (χ2v) is 6.89. The van der Waals surface area contributed by atoms with Crippen LogP contribution in [0.2, 0.25) is 0 Å². The summed E-state index contributed by atoms with van der Waals surface area (Å²) in [7, 11) is 0. The van der Waals surface area contributed by atoms with Crippen LogP contribution < -0.4 is 5.43 Å². The van der Waals surface area contributed by atoms with E-state index in [4.69, 9.17) is 0 Å². The summed E-state index contributed by atoms with van der Waals surface area (Å²) in [4.78, 5) is 12.4. The SMILES string of the molecule is O=C(N/N=C\c1ccccc1)c1cc(-c2ccc3c4c(cccc24)CC3)n[nH]1. The predicted octanol–water partition coefficient (Wildman–Crippen LogP) is 4.09. The van der Waals surface area contributed by atoms with E-state index in [0.717, 1.165) is 29.7 Å². The van der Waals surface area contributed by atoms with Gasteiger partial charge in [0.15, 0.2) is 0 Å². The highest BCUT2D eigenvalue weighted by Gasteiger charge is 2.18. The van der Waals surface area contributed by atoms with Crippen LogP contribution in [0, 0.1) is 0 Å². The molecule has 0 spiro atoms. The van der Waals surface area contributed by atoms with Crippen molar-refractivity contribution in [3.05, 3.63) is 89.1 Å². The van der Waals surface area contributed by atoms with Crippen molar-refractivity contribution in [2.75, 3.05) is 0 Å². The van der Waals surface area contributed by atoms with Crippen molar-refractivity contribution in [1.29, 1.82) is 0 Å². The molecular weight excluding hydrogens is 348 g/mol. The molecule has 5 rings (SSSR count). The van der Waals surface area contributed by atoms with Crippen molar-refractivity contribution in [2.24, 2.45) is 5.10 Å². The van der Waals surface area contributed by atoms with Crippen LogP contribution in [0.25, 0.3) is 22.0 Å². The smallest absolute Gasteiger partial charge is 0.272 e. The van der Waals surface area contributed by atoms with E-state index in [1.54, 1.807) is 12.3 Å². The van der Waals surface area contributed by atoms with Gasteiger partial charge in [0.25, 0.3) is 5.91 Å². The first-order valence-electron chi connectivity index (χ1n) is 9.27. The summed E-state index contributed by atoms with van der Waals surface area (Å²) < 4.78 is 0. The average Bonchev–Trinajstić information content (AvgIpc) is 3.38. The molecule has 0 saturated carbocycles. The van der Waals surface area contributed by atoms with Crippen LogP contribution in [-0.2, 0) is 12.8 Å². The molecule has 0 aliphatic heterocycles. The van der Waals surface area contributed by atoms with Gasteiger partial charge >= 0.3 is 0 Å². The second kappa shape index (κ2) is 6.78. The lowest BCUT2D eigenvalue weighted by molar-refractivity contribution is 0.0950. The van der Waals surface area contributed by atoms with Gasteiger partial charge in [-0.3, -0.25) is 9.89 Å². The second-order valence-electron chi connectivity index (χ2n) is 6.89. The predicted molar refractivity (Wildman–Crippen MR) is 110 cm³/mol. The van der Waals surface area contributed by atoms with Crippen molar-refractivity contribution >= 4 is 22.9 Å². The van der Waals surface area contributed by atoms with E-state index in [1.165, 1.54) is 21.9 Å². The minimum Gasteiger partial charge on any atom is -0.272 e. The Morgan fingerprint density at radius 2 is 1.82 bits per heavy atom. The maximum absolute atomic E-state index is 12.4. The summed E-state index contributed by atoms with van der Waals surface area (Å²) in [6.45, 7) is 0. The van der Waals surface area contributed by atoms with E-state index in [-0.39, 0.29) is 5.91 Å². The Bertz CT molecular complexity index is 1200. The van der Waals surface area contributed by atoms with Gasteiger partial charge < -0.3 is 0 Å². The largest absolute Gasteiger partial charge is 0.289 e. The highest BCUT2D eigenvalue weighted by Crippen LogP contribution is 2.36. The van der Waals surface area contributed by atoms with Crippen LogP contribution >= 0.6 is 0 Å². The zero-order chi connectivity index (χ0) is 18.9. The maximum Gasteiger partial charge on any atom is 0.289 e. The molecular formula is C23H18N4O. The number of hydrazone groups is 1. The quantitative estimate of drug-likeness (QED) is 0.422. The van der Waals surface area contributed by atoms with Crippen LogP contribution in [0.4, 0.5) is 0 Å². The Hall–Kier alpha value is -3.73. The fourth-order valence-corrected chi connectivity index (χ4v) is 3.81. The number of H-pyrrole nitrogens is 1. The van der Waals surface area contributed by atoms with Gasteiger partial charge in [0, 0.05) is 5.56 Å². The molecule has 136 valence electrons. The van der Waals surface area contributed by atoms with E-state index < -0.39 is 0 Å². The number of carbonyl (C=O) groups is 1. The summed E-state index contributed by atoms with van der Waals surface area (Å²) in [6, 6.07) is 22.1. The molecule has 5 nitrogen and oxygen atoms in total. The molecule has 28 heavy (non-hydrogen) atoms. The van der Waals surface area contributed by atoms with Crippen molar-refractivity contribution < 1.29 is 4.79 Å². The first-order valence-corrected chi connectivity index (χ1v) is 9.27. The van der Waals surface area contributed by atoms with E-state index in [9.17, 15) is 4.79 Å². The Kier molecular flexibility index (Phi) is 3.98. The molecule has 1 amide bonds. The Balaban J connectivity index is 1.40. The molecule has 0 radical (unpaired) electrons. The van der Waals surface area contributed by atoms with Crippen molar-refractivity contribution in [2.45, 2.75) is 12.8 Å². The van der Waals surface area contributed by atoms with Crippen LogP contribution in [-0.4, -0.2) is 22.3 Å². The van der Waals surface area contributed by atoms with E-state index in [2.05, 4.69) is 51.1 Å². The number of carbonyl (C=O) groups excluding carboxylic acids is 1. The Labute approximate surface area is 162 Å². The van der Waals surface area contributed by atoms with Crippen LogP contribution in [0.5, 0.6) is 0 Å². The third-order valence-electron chi connectivity index (χ3n) is 5.15. The van der Waals surface area contributed by atoms with Crippen LogP contribution in [0.15, 0.2) is 71.8 Å². The lowest BCUT2D eigenvalue weighted by atomic mass is 9.98. The molecule has 2 N–H and O–H groups in total. The Morgan fingerprint density at radius 1 is 1.00 bits per heavy atom. The lowest BCUT2D eigenvalue weighted by Crippen LogP contribution is -2.17. The number of benzene rings is 3. The number of hydrogen-bond acceptors (Lipinski definition) is 3. The maximum atomic E-state index is 12.4.